The zero-order valence-corrected chi connectivity index (χ0v) is 15.6. The minimum atomic E-state index is -0.383. The van der Waals surface area contributed by atoms with Crippen molar-refractivity contribution in [2.75, 3.05) is 18.0 Å². The Balaban J connectivity index is 1.59. The number of rotatable bonds is 2. The van der Waals surface area contributed by atoms with Crippen LogP contribution >= 0.6 is 0 Å². The van der Waals surface area contributed by atoms with E-state index in [9.17, 15) is 9.59 Å². The predicted octanol–water partition coefficient (Wildman–Crippen LogP) is 2.84. The predicted molar refractivity (Wildman–Crippen MR) is 103 cm³/mol. The van der Waals surface area contributed by atoms with E-state index in [1.807, 2.05) is 31.2 Å². The van der Waals surface area contributed by atoms with Gasteiger partial charge in [-0.25, -0.2) is 14.9 Å². The van der Waals surface area contributed by atoms with E-state index in [0.29, 0.717) is 5.69 Å². The summed E-state index contributed by atoms with van der Waals surface area (Å²) < 4.78 is 0. The molecule has 5 rings (SSSR count). The SMILES string of the molecule is Cc1ccc([C@@H]2[C@H]3C(=O)N(c4cccc(C)c4)C(=O)[C@@H]3N3CCCN23)cc1. The van der Waals surface area contributed by atoms with Crippen LogP contribution in [0.5, 0.6) is 0 Å². The number of imide groups is 1. The smallest absolute Gasteiger partial charge is 0.253 e. The molecule has 0 saturated carbocycles. The summed E-state index contributed by atoms with van der Waals surface area (Å²) in [6, 6.07) is 15.6. The Morgan fingerprint density at radius 1 is 0.815 bits per heavy atom. The third-order valence-electron chi connectivity index (χ3n) is 6.08. The lowest BCUT2D eigenvalue weighted by Gasteiger charge is -2.29. The average molecular weight is 361 g/mol. The average Bonchev–Trinajstić information content (AvgIpc) is 3.28. The standard InChI is InChI=1S/C22H23N3O2/c1-14-7-9-16(10-8-14)19-18-20(24-12-4-11-23(19)24)22(27)25(21(18)26)17-6-3-5-15(2)13-17/h3,5-10,13,18-20H,4,11-12H2,1-2H3/t18-,19-,20-/m1/s1. The molecule has 5 heteroatoms. The summed E-state index contributed by atoms with van der Waals surface area (Å²) in [4.78, 5) is 28.2. The number of amides is 2. The molecule has 5 nitrogen and oxygen atoms in total. The Morgan fingerprint density at radius 3 is 2.22 bits per heavy atom. The molecule has 3 fully saturated rings. The first-order chi connectivity index (χ1) is 13.1. The van der Waals surface area contributed by atoms with Gasteiger partial charge >= 0.3 is 0 Å². The van der Waals surface area contributed by atoms with Crippen LogP contribution in [-0.2, 0) is 9.59 Å². The lowest BCUT2D eigenvalue weighted by atomic mass is 9.89. The summed E-state index contributed by atoms with van der Waals surface area (Å²) in [6.07, 6.45) is 1.03. The topological polar surface area (TPSA) is 43.9 Å². The van der Waals surface area contributed by atoms with E-state index in [4.69, 9.17) is 0 Å². The van der Waals surface area contributed by atoms with Crippen LogP contribution in [0.4, 0.5) is 5.69 Å². The normalized spacial score (nSPS) is 28.1. The number of aryl methyl sites for hydroxylation is 2. The van der Waals surface area contributed by atoms with E-state index in [1.54, 1.807) is 0 Å². The van der Waals surface area contributed by atoms with Gasteiger partial charge in [0.1, 0.15) is 6.04 Å². The van der Waals surface area contributed by atoms with Gasteiger partial charge in [0.05, 0.1) is 17.6 Å². The Morgan fingerprint density at radius 2 is 1.52 bits per heavy atom. The fraction of sp³-hybridized carbons (Fsp3) is 0.364. The molecule has 0 aromatic heterocycles. The second-order valence-corrected chi connectivity index (χ2v) is 7.86. The van der Waals surface area contributed by atoms with E-state index in [2.05, 4.69) is 41.2 Å². The number of benzene rings is 2. The summed E-state index contributed by atoms with van der Waals surface area (Å²) in [5, 5.41) is 4.40. The van der Waals surface area contributed by atoms with Gasteiger partial charge in [-0.1, -0.05) is 42.0 Å². The molecule has 0 radical (unpaired) electrons. The summed E-state index contributed by atoms with van der Waals surface area (Å²) in [5.74, 6) is -0.506. The van der Waals surface area contributed by atoms with Gasteiger partial charge < -0.3 is 0 Å². The van der Waals surface area contributed by atoms with Crippen molar-refractivity contribution in [1.29, 1.82) is 0 Å². The van der Waals surface area contributed by atoms with E-state index >= 15 is 0 Å². The van der Waals surface area contributed by atoms with E-state index in [0.717, 1.165) is 30.6 Å². The lowest BCUT2D eigenvalue weighted by molar-refractivity contribution is -0.126. The van der Waals surface area contributed by atoms with Crippen LogP contribution in [0.3, 0.4) is 0 Å². The first-order valence-electron chi connectivity index (χ1n) is 9.60. The molecule has 3 heterocycles. The highest BCUT2D eigenvalue weighted by molar-refractivity contribution is 6.24. The zero-order valence-electron chi connectivity index (χ0n) is 15.6. The molecular formula is C22H23N3O2. The van der Waals surface area contributed by atoms with Crippen LogP contribution in [-0.4, -0.2) is 41.0 Å². The first-order valence-corrected chi connectivity index (χ1v) is 9.60. The van der Waals surface area contributed by atoms with Crippen LogP contribution in [0.25, 0.3) is 0 Å². The molecule has 0 spiro atoms. The second kappa shape index (κ2) is 6.01. The zero-order chi connectivity index (χ0) is 18.7. The molecule has 0 aliphatic carbocycles. The maximum atomic E-state index is 13.4. The van der Waals surface area contributed by atoms with Gasteiger partial charge in [0.25, 0.3) is 5.91 Å². The molecule has 2 aromatic carbocycles. The monoisotopic (exact) mass is 361 g/mol. The molecule has 138 valence electrons. The van der Waals surface area contributed by atoms with Gasteiger partial charge in [-0.05, 0) is 43.5 Å². The molecular weight excluding hydrogens is 338 g/mol. The van der Waals surface area contributed by atoms with Crippen LogP contribution in [0, 0.1) is 19.8 Å². The lowest BCUT2D eigenvalue weighted by Crippen LogP contribution is -2.44. The molecule has 2 amide bonds. The van der Waals surface area contributed by atoms with Crippen LogP contribution in [0.2, 0.25) is 0 Å². The number of hydrogen-bond acceptors (Lipinski definition) is 4. The number of nitrogens with zero attached hydrogens (tertiary/aromatic N) is 3. The number of anilines is 1. The van der Waals surface area contributed by atoms with Crippen LogP contribution in [0.1, 0.15) is 29.2 Å². The minimum Gasteiger partial charge on any atom is -0.274 e. The number of carbonyl (C=O) groups excluding carboxylic acids is 2. The van der Waals surface area contributed by atoms with Gasteiger partial charge in [0.15, 0.2) is 0 Å². The van der Waals surface area contributed by atoms with Crippen molar-refractivity contribution in [3.63, 3.8) is 0 Å². The van der Waals surface area contributed by atoms with Crippen molar-refractivity contribution < 1.29 is 9.59 Å². The van der Waals surface area contributed by atoms with E-state index < -0.39 is 0 Å². The maximum absolute atomic E-state index is 13.4. The highest BCUT2D eigenvalue weighted by Crippen LogP contribution is 2.48. The van der Waals surface area contributed by atoms with Crippen molar-refractivity contribution in [3.8, 4) is 0 Å². The van der Waals surface area contributed by atoms with Crippen molar-refractivity contribution in [2.24, 2.45) is 5.92 Å². The Kier molecular flexibility index (Phi) is 3.71. The summed E-state index contributed by atoms with van der Waals surface area (Å²) in [7, 11) is 0. The molecule has 0 N–H and O–H groups in total. The third-order valence-corrected chi connectivity index (χ3v) is 6.08. The quantitative estimate of drug-likeness (QED) is 0.772. The van der Waals surface area contributed by atoms with Gasteiger partial charge in [-0.3, -0.25) is 9.59 Å². The fourth-order valence-corrected chi connectivity index (χ4v) is 4.90. The number of hydrogen-bond donors (Lipinski definition) is 0. The second-order valence-electron chi connectivity index (χ2n) is 7.86. The number of hydrazine groups is 1. The summed E-state index contributed by atoms with van der Waals surface area (Å²) >= 11 is 0. The van der Waals surface area contributed by atoms with Crippen LogP contribution < -0.4 is 4.90 Å². The van der Waals surface area contributed by atoms with Gasteiger partial charge in [-0.15, -0.1) is 0 Å². The van der Waals surface area contributed by atoms with Crippen molar-refractivity contribution in [3.05, 3.63) is 65.2 Å². The fourth-order valence-electron chi connectivity index (χ4n) is 4.90. The molecule has 3 atom stereocenters. The highest BCUT2D eigenvalue weighted by atomic mass is 16.2. The van der Waals surface area contributed by atoms with Crippen LogP contribution in [0.15, 0.2) is 48.5 Å². The maximum Gasteiger partial charge on any atom is 0.253 e. The molecule has 27 heavy (non-hydrogen) atoms. The largest absolute Gasteiger partial charge is 0.274 e. The molecule has 2 aromatic rings. The van der Waals surface area contributed by atoms with Crippen molar-refractivity contribution >= 4 is 17.5 Å². The molecule has 3 aliphatic heterocycles. The molecule has 0 bridgehead atoms. The van der Waals surface area contributed by atoms with Gasteiger partial charge in [0.2, 0.25) is 5.91 Å². The molecule has 3 saturated heterocycles. The first kappa shape index (κ1) is 16.7. The summed E-state index contributed by atoms with van der Waals surface area (Å²) in [6.45, 7) is 5.78. The Labute approximate surface area is 159 Å². The highest BCUT2D eigenvalue weighted by Gasteiger charge is 2.62. The Bertz CT molecular complexity index is 923. The van der Waals surface area contributed by atoms with Crippen molar-refractivity contribution in [2.45, 2.75) is 32.4 Å². The van der Waals surface area contributed by atoms with E-state index in [1.165, 1.54) is 10.5 Å². The Hall–Kier alpha value is -2.50. The van der Waals surface area contributed by atoms with Gasteiger partial charge in [0, 0.05) is 13.1 Å². The summed E-state index contributed by atoms with van der Waals surface area (Å²) in [5.41, 5.74) is 4.05. The minimum absolute atomic E-state index is 0.0654. The van der Waals surface area contributed by atoms with E-state index in [-0.39, 0.29) is 29.8 Å². The van der Waals surface area contributed by atoms with Gasteiger partial charge in [-0.2, -0.15) is 0 Å². The number of fused-ring (bicyclic) bond motifs is 3. The van der Waals surface area contributed by atoms with Crippen molar-refractivity contribution in [1.82, 2.24) is 10.0 Å². The molecule has 3 aliphatic rings. The number of carbonyl (C=O) groups is 2. The third kappa shape index (κ3) is 2.38. The molecule has 0 unspecified atom stereocenters.